The number of halogens is 3. The highest BCUT2D eigenvalue weighted by Gasteiger charge is 2.58. The third-order valence-corrected chi connectivity index (χ3v) is 13.9. The number of nitrogens with one attached hydrogen (secondary N) is 2. The fourth-order valence-corrected chi connectivity index (χ4v) is 11.2. The van der Waals surface area contributed by atoms with Crippen LogP contribution in [0.1, 0.15) is 72.6 Å². The van der Waals surface area contributed by atoms with Crippen LogP contribution in [0, 0.1) is 52.8 Å². The minimum atomic E-state index is -4.24. The third-order valence-electron chi connectivity index (χ3n) is 13.9. The molecule has 5 aliphatic carbocycles. The maximum absolute atomic E-state index is 14.2. The van der Waals surface area contributed by atoms with Crippen LogP contribution in [0.3, 0.4) is 0 Å². The standard InChI is InChI=1S/C34H57F3N4O5/c1-17-24-11-20(33(24,3)4)12-25(17)39-32(44)30-28(18(2)43)27(15-42)46-41(30)14-19-8-7-9-22(31(19)45-6)23-10-21(34(35,36)37)13-26-29(23)38-16-40(26)5/h17-31,38,42-43H,7-16H2,1-6H3,(H,39,44)/t17-,18-,19?,20+,21?,22?,23?,24+,25-,26?,27-,28-,29?,30-,31?/m0/s1. The van der Waals surface area contributed by atoms with Crippen LogP contribution >= 0.6 is 0 Å². The molecular weight excluding hydrogens is 601 g/mol. The third kappa shape index (κ3) is 6.04. The van der Waals surface area contributed by atoms with Gasteiger partial charge in [0.2, 0.25) is 5.91 Å². The van der Waals surface area contributed by atoms with Crippen LogP contribution in [0.5, 0.6) is 0 Å². The van der Waals surface area contributed by atoms with Gasteiger partial charge in [0, 0.05) is 50.3 Å². The Hall–Kier alpha value is -1.02. The van der Waals surface area contributed by atoms with Gasteiger partial charge in [0.25, 0.3) is 0 Å². The van der Waals surface area contributed by atoms with Gasteiger partial charge in [-0.25, -0.2) is 0 Å². The number of aliphatic hydroxyl groups is 2. The SMILES string of the molecule is COC1C(CN2O[C@@H](CO)[C@H]([C@H](C)O)[C@H]2C(=O)N[C@H]2C[C@H]3C[C@H]([C@@H]2C)C3(C)C)CCCC1C1CC(C(F)(F)F)CC2C1NCN2C. The van der Waals surface area contributed by atoms with Gasteiger partial charge in [-0.05, 0) is 87.5 Å². The Balaban J connectivity index is 1.21. The van der Waals surface area contributed by atoms with E-state index in [1.165, 1.54) is 6.42 Å². The number of carbonyl (C=O) groups is 1. The van der Waals surface area contributed by atoms with Crippen molar-refractivity contribution >= 4 is 5.91 Å². The van der Waals surface area contributed by atoms with Gasteiger partial charge in [-0.2, -0.15) is 18.2 Å². The lowest BCUT2D eigenvalue weighted by molar-refractivity contribution is -0.202. The van der Waals surface area contributed by atoms with Crippen LogP contribution in [0.25, 0.3) is 0 Å². The molecule has 2 heterocycles. The summed E-state index contributed by atoms with van der Waals surface area (Å²) in [6.45, 7) is 9.08. The summed E-state index contributed by atoms with van der Waals surface area (Å²) < 4.78 is 48.7. The molecule has 4 N–H and O–H groups in total. The second-order valence-corrected chi connectivity index (χ2v) is 16.4. The molecule has 46 heavy (non-hydrogen) atoms. The average Bonchev–Trinajstić information content (AvgIpc) is 3.57. The molecule has 2 saturated heterocycles. The Morgan fingerprint density at radius 2 is 1.91 bits per heavy atom. The van der Waals surface area contributed by atoms with Gasteiger partial charge in [-0.3, -0.25) is 19.8 Å². The Kier molecular flexibility index (Phi) is 9.86. The van der Waals surface area contributed by atoms with E-state index in [4.69, 9.17) is 9.57 Å². The van der Waals surface area contributed by atoms with Crippen molar-refractivity contribution < 1.29 is 37.8 Å². The number of methoxy groups -OCH3 is 1. The summed E-state index contributed by atoms with van der Waals surface area (Å²) in [6.07, 6.45) is -1.43. The molecule has 2 bridgehead atoms. The van der Waals surface area contributed by atoms with Gasteiger partial charge < -0.3 is 20.3 Å². The molecule has 12 heteroatoms. The lowest BCUT2D eigenvalue weighted by atomic mass is 9.45. The van der Waals surface area contributed by atoms with Gasteiger partial charge in [-0.15, -0.1) is 0 Å². The van der Waals surface area contributed by atoms with E-state index in [2.05, 4.69) is 31.4 Å². The number of carbonyl (C=O) groups excluding carboxylic acids is 1. The number of ether oxygens (including phenoxy) is 1. The summed E-state index contributed by atoms with van der Waals surface area (Å²) in [5.41, 5.74) is 0.280. The first-order valence-electron chi connectivity index (χ1n) is 17.7. The van der Waals surface area contributed by atoms with Gasteiger partial charge >= 0.3 is 6.18 Å². The number of likely N-dealkylation sites (N-methyl/N-ethyl adjacent to an activating group) is 1. The fraction of sp³-hybridized carbons (Fsp3) is 0.971. The molecule has 1 amide bonds. The van der Waals surface area contributed by atoms with Gasteiger partial charge in [0.1, 0.15) is 12.1 Å². The number of fused-ring (bicyclic) bond motifs is 3. The second kappa shape index (κ2) is 13.0. The summed E-state index contributed by atoms with van der Waals surface area (Å²) in [6, 6.07) is -0.960. The zero-order valence-electron chi connectivity index (χ0n) is 28.4. The molecule has 0 spiro atoms. The van der Waals surface area contributed by atoms with Crippen molar-refractivity contribution in [3.63, 3.8) is 0 Å². The summed E-state index contributed by atoms with van der Waals surface area (Å²) in [4.78, 5) is 22.4. The van der Waals surface area contributed by atoms with Crippen molar-refractivity contribution in [1.82, 2.24) is 20.6 Å². The summed E-state index contributed by atoms with van der Waals surface area (Å²) >= 11 is 0. The molecule has 264 valence electrons. The molecule has 7 aliphatic rings. The molecule has 0 aromatic rings. The summed E-state index contributed by atoms with van der Waals surface area (Å²) in [5.74, 6) is -1.06. The second-order valence-electron chi connectivity index (χ2n) is 16.4. The molecular formula is C34H57F3N4O5. The van der Waals surface area contributed by atoms with Crippen LogP contribution in [0.2, 0.25) is 0 Å². The van der Waals surface area contributed by atoms with Crippen LogP contribution in [0.15, 0.2) is 0 Å². The number of nitrogens with zero attached hydrogens (tertiary/aromatic N) is 2. The van der Waals surface area contributed by atoms with Crippen molar-refractivity contribution in [3.05, 3.63) is 0 Å². The lowest BCUT2D eigenvalue weighted by Crippen LogP contribution is -2.62. The van der Waals surface area contributed by atoms with E-state index in [-0.39, 0.29) is 72.8 Å². The number of rotatable bonds is 8. The molecule has 2 aliphatic heterocycles. The predicted molar refractivity (Wildman–Crippen MR) is 166 cm³/mol. The van der Waals surface area contributed by atoms with Crippen LogP contribution < -0.4 is 10.6 Å². The molecule has 0 radical (unpaired) electrons. The summed E-state index contributed by atoms with van der Waals surface area (Å²) in [5, 5.41) is 29.6. The Morgan fingerprint density at radius 1 is 1.17 bits per heavy atom. The number of hydroxylamine groups is 2. The van der Waals surface area contributed by atoms with Gasteiger partial charge in [0.05, 0.1) is 24.7 Å². The number of alkyl halides is 3. The summed E-state index contributed by atoms with van der Waals surface area (Å²) in [7, 11) is 3.54. The maximum Gasteiger partial charge on any atom is 0.391 e. The van der Waals surface area contributed by atoms with E-state index < -0.39 is 36.3 Å². The monoisotopic (exact) mass is 658 g/mol. The number of amides is 1. The molecule has 7 rings (SSSR count). The van der Waals surface area contributed by atoms with E-state index in [0.29, 0.717) is 31.0 Å². The minimum Gasteiger partial charge on any atom is -0.394 e. The fourth-order valence-electron chi connectivity index (χ4n) is 11.2. The largest absolute Gasteiger partial charge is 0.394 e. The normalized spacial score (nSPS) is 46.8. The van der Waals surface area contributed by atoms with Crippen molar-refractivity contribution in [2.75, 3.05) is 34.0 Å². The molecule has 7 unspecified atom stereocenters. The van der Waals surface area contributed by atoms with Crippen LogP contribution in [0.4, 0.5) is 13.2 Å². The number of hydrogen-bond acceptors (Lipinski definition) is 8. The Labute approximate surface area is 272 Å². The predicted octanol–water partition coefficient (Wildman–Crippen LogP) is 3.40. The molecule has 15 atom stereocenters. The van der Waals surface area contributed by atoms with E-state index in [1.807, 2.05) is 11.9 Å². The molecule has 0 aromatic carbocycles. The van der Waals surface area contributed by atoms with Crippen molar-refractivity contribution in [2.24, 2.45) is 52.8 Å². The highest BCUT2D eigenvalue weighted by atomic mass is 19.4. The van der Waals surface area contributed by atoms with Crippen LogP contribution in [-0.2, 0) is 14.4 Å². The van der Waals surface area contributed by atoms with Crippen LogP contribution in [-0.4, -0.2) is 109 Å². The topological polar surface area (TPSA) is 107 Å². The van der Waals surface area contributed by atoms with E-state index in [1.54, 1.807) is 19.1 Å². The molecule has 0 aromatic heterocycles. The first kappa shape index (κ1) is 34.8. The lowest BCUT2D eigenvalue weighted by Gasteiger charge is -2.62. The number of hydrogen-bond donors (Lipinski definition) is 4. The maximum atomic E-state index is 14.2. The quantitative estimate of drug-likeness (QED) is 0.315. The van der Waals surface area contributed by atoms with E-state index in [9.17, 15) is 28.2 Å². The van der Waals surface area contributed by atoms with E-state index in [0.717, 1.165) is 25.7 Å². The molecule has 5 saturated carbocycles. The van der Waals surface area contributed by atoms with Gasteiger partial charge in [0.15, 0.2) is 0 Å². The van der Waals surface area contributed by atoms with Crippen molar-refractivity contribution in [3.8, 4) is 0 Å². The van der Waals surface area contributed by atoms with Crippen molar-refractivity contribution in [1.29, 1.82) is 0 Å². The average molecular weight is 659 g/mol. The first-order chi connectivity index (χ1) is 21.7. The Morgan fingerprint density at radius 3 is 2.52 bits per heavy atom. The first-order valence-corrected chi connectivity index (χ1v) is 17.7. The minimum absolute atomic E-state index is 0.0291. The van der Waals surface area contributed by atoms with Crippen molar-refractivity contribution in [2.45, 2.75) is 121 Å². The zero-order chi connectivity index (χ0) is 33.3. The molecule has 9 nitrogen and oxygen atoms in total. The van der Waals surface area contributed by atoms with E-state index >= 15 is 0 Å². The highest BCUT2D eigenvalue weighted by Crippen LogP contribution is 2.61. The number of aliphatic hydroxyl groups excluding tert-OH is 2. The Bertz CT molecular complexity index is 1100. The van der Waals surface area contributed by atoms with Gasteiger partial charge in [-0.1, -0.05) is 27.2 Å². The highest BCUT2D eigenvalue weighted by molar-refractivity contribution is 5.82. The zero-order valence-corrected chi connectivity index (χ0v) is 28.4. The smallest absolute Gasteiger partial charge is 0.391 e. The molecule has 7 fully saturated rings.